The Balaban J connectivity index is 1.69. The van der Waals surface area contributed by atoms with E-state index in [2.05, 4.69) is 0 Å². The molecule has 2 heterocycles. The number of benzene rings is 2. The summed E-state index contributed by atoms with van der Waals surface area (Å²) in [4.78, 5) is 16.0. The van der Waals surface area contributed by atoms with Crippen molar-refractivity contribution in [3.05, 3.63) is 94.9 Å². The van der Waals surface area contributed by atoms with Gasteiger partial charge in [0, 0.05) is 16.6 Å². The third kappa shape index (κ3) is 4.40. The van der Waals surface area contributed by atoms with Crippen molar-refractivity contribution in [2.75, 3.05) is 12.0 Å². The summed E-state index contributed by atoms with van der Waals surface area (Å²) in [7, 11) is -2.30. The minimum atomic E-state index is -3.86. The van der Waals surface area contributed by atoms with E-state index in [-0.39, 0.29) is 15.7 Å². The number of anilines is 1. The fourth-order valence-corrected chi connectivity index (χ4v) is 4.93. The highest BCUT2D eigenvalue weighted by molar-refractivity contribution is 7.91. The number of rotatable bonds is 7. The van der Waals surface area contributed by atoms with Crippen LogP contribution < -0.4 is 9.64 Å². The molecular formula is C23H19NO5S2. The highest BCUT2D eigenvalue weighted by Gasteiger charge is 2.26. The SMILES string of the molecule is COc1cccc(N(Cc2cccs2)C(=O)c2ccc(S(=O)(=O)c3ccccc3)o2)c1. The predicted octanol–water partition coefficient (Wildman–Crippen LogP) is 5.03. The van der Waals surface area contributed by atoms with Crippen LogP contribution in [0.4, 0.5) is 5.69 Å². The molecule has 0 bridgehead atoms. The summed E-state index contributed by atoms with van der Waals surface area (Å²) in [6.07, 6.45) is 0. The van der Waals surface area contributed by atoms with Gasteiger partial charge >= 0.3 is 0 Å². The van der Waals surface area contributed by atoms with E-state index in [1.807, 2.05) is 17.5 Å². The largest absolute Gasteiger partial charge is 0.497 e. The Morgan fingerprint density at radius 3 is 2.52 bits per heavy atom. The monoisotopic (exact) mass is 453 g/mol. The second kappa shape index (κ2) is 8.79. The van der Waals surface area contributed by atoms with E-state index in [1.54, 1.807) is 49.6 Å². The summed E-state index contributed by atoms with van der Waals surface area (Å²) in [5.41, 5.74) is 0.613. The van der Waals surface area contributed by atoms with E-state index in [0.717, 1.165) is 4.88 Å². The summed E-state index contributed by atoms with van der Waals surface area (Å²) < 4.78 is 36.5. The molecule has 4 rings (SSSR count). The number of ether oxygens (including phenoxy) is 1. The van der Waals surface area contributed by atoms with Gasteiger partial charge < -0.3 is 14.1 Å². The van der Waals surface area contributed by atoms with Gasteiger partial charge in [-0.3, -0.25) is 4.79 Å². The van der Waals surface area contributed by atoms with Crippen molar-refractivity contribution in [2.24, 2.45) is 0 Å². The van der Waals surface area contributed by atoms with Crippen LogP contribution in [0.5, 0.6) is 5.75 Å². The fourth-order valence-electron chi connectivity index (χ4n) is 3.05. The fraction of sp³-hybridized carbons (Fsp3) is 0.0870. The molecule has 0 aliphatic rings. The van der Waals surface area contributed by atoms with Gasteiger partial charge in [-0.05, 0) is 47.8 Å². The summed E-state index contributed by atoms with van der Waals surface area (Å²) in [6.45, 7) is 0.311. The molecule has 0 aliphatic heterocycles. The third-order valence-electron chi connectivity index (χ3n) is 4.61. The van der Waals surface area contributed by atoms with Gasteiger partial charge in [0.2, 0.25) is 14.9 Å². The topological polar surface area (TPSA) is 76.8 Å². The van der Waals surface area contributed by atoms with Gasteiger partial charge in [-0.15, -0.1) is 11.3 Å². The molecule has 158 valence electrons. The molecule has 0 aliphatic carbocycles. The molecule has 0 N–H and O–H groups in total. The van der Waals surface area contributed by atoms with E-state index < -0.39 is 15.7 Å². The number of hydrogen-bond donors (Lipinski definition) is 0. The molecular weight excluding hydrogens is 434 g/mol. The highest BCUT2D eigenvalue weighted by Crippen LogP contribution is 2.28. The van der Waals surface area contributed by atoms with E-state index in [4.69, 9.17) is 9.15 Å². The lowest BCUT2D eigenvalue weighted by atomic mass is 10.2. The zero-order valence-electron chi connectivity index (χ0n) is 16.6. The number of hydrogen-bond acceptors (Lipinski definition) is 6. The number of methoxy groups -OCH3 is 1. The molecule has 2 aromatic carbocycles. The van der Waals surface area contributed by atoms with Crippen LogP contribution in [0.15, 0.2) is 98.6 Å². The van der Waals surface area contributed by atoms with Crippen LogP contribution >= 0.6 is 11.3 Å². The number of furan rings is 1. The molecule has 0 spiro atoms. The average Bonchev–Trinajstić information content (AvgIpc) is 3.50. The van der Waals surface area contributed by atoms with E-state index in [9.17, 15) is 13.2 Å². The summed E-state index contributed by atoms with van der Waals surface area (Å²) >= 11 is 1.52. The molecule has 8 heteroatoms. The van der Waals surface area contributed by atoms with Crippen molar-refractivity contribution >= 4 is 32.8 Å². The lowest BCUT2D eigenvalue weighted by Gasteiger charge is -2.21. The van der Waals surface area contributed by atoms with Crippen LogP contribution in [0.25, 0.3) is 0 Å². The second-order valence-electron chi connectivity index (χ2n) is 6.61. The van der Waals surface area contributed by atoms with Crippen molar-refractivity contribution in [3.8, 4) is 5.75 Å². The molecule has 0 saturated carbocycles. The van der Waals surface area contributed by atoms with E-state index in [1.165, 1.54) is 40.5 Å². The zero-order valence-corrected chi connectivity index (χ0v) is 18.2. The maximum absolute atomic E-state index is 13.3. The highest BCUT2D eigenvalue weighted by atomic mass is 32.2. The van der Waals surface area contributed by atoms with Crippen LogP contribution in [0, 0.1) is 0 Å². The average molecular weight is 454 g/mol. The molecule has 0 atom stereocenters. The Labute approximate surface area is 184 Å². The zero-order chi connectivity index (χ0) is 21.8. The van der Waals surface area contributed by atoms with Crippen molar-refractivity contribution in [2.45, 2.75) is 16.5 Å². The van der Waals surface area contributed by atoms with Crippen LogP contribution in [-0.4, -0.2) is 21.4 Å². The Hall–Kier alpha value is -3.36. The Morgan fingerprint density at radius 1 is 1.00 bits per heavy atom. The molecule has 1 amide bonds. The van der Waals surface area contributed by atoms with E-state index >= 15 is 0 Å². The van der Waals surface area contributed by atoms with Crippen LogP contribution in [0.1, 0.15) is 15.4 Å². The molecule has 31 heavy (non-hydrogen) atoms. The quantitative estimate of drug-likeness (QED) is 0.392. The Kier molecular flexibility index (Phi) is 5.92. The lowest BCUT2D eigenvalue weighted by Crippen LogP contribution is -2.29. The number of nitrogens with zero attached hydrogens (tertiary/aromatic N) is 1. The van der Waals surface area contributed by atoms with Crippen molar-refractivity contribution in [1.29, 1.82) is 0 Å². The Morgan fingerprint density at radius 2 is 1.81 bits per heavy atom. The van der Waals surface area contributed by atoms with Gasteiger partial charge in [0.15, 0.2) is 5.76 Å². The summed E-state index contributed by atoms with van der Waals surface area (Å²) in [6, 6.07) is 21.6. The van der Waals surface area contributed by atoms with Gasteiger partial charge in [0.05, 0.1) is 18.6 Å². The number of carbonyl (C=O) groups excluding carboxylic acids is 1. The standard InChI is InChI=1S/C23H19NO5S2/c1-28-18-8-5-7-17(15-18)24(16-19-9-6-14-30-19)23(25)21-12-13-22(29-21)31(26,27)20-10-3-2-4-11-20/h2-15H,16H2,1H3. The molecule has 0 saturated heterocycles. The molecule has 6 nitrogen and oxygen atoms in total. The van der Waals surface area contributed by atoms with Gasteiger partial charge in [-0.2, -0.15) is 0 Å². The summed E-state index contributed by atoms with van der Waals surface area (Å²) in [5.74, 6) is 0.0957. The van der Waals surface area contributed by atoms with Crippen LogP contribution in [0.2, 0.25) is 0 Å². The number of sulfone groups is 1. The normalized spacial score (nSPS) is 11.3. The molecule has 0 radical (unpaired) electrons. The first kappa shape index (κ1) is 20.9. The first-order chi connectivity index (χ1) is 15.0. The minimum absolute atomic E-state index is 0.0612. The predicted molar refractivity (Wildman–Crippen MR) is 118 cm³/mol. The van der Waals surface area contributed by atoms with Crippen molar-refractivity contribution < 1.29 is 22.4 Å². The van der Waals surface area contributed by atoms with Gasteiger partial charge in [0.25, 0.3) is 5.91 Å². The maximum atomic E-state index is 13.3. The van der Waals surface area contributed by atoms with Gasteiger partial charge in [0.1, 0.15) is 5.75 Å². The van der Waals surface area contributed by atoms with Gasteiger partial charge in [-0.1, -0.05) is 30.3 Å². The van der Waals surface area contributed by atoms with E-state index in [0.29, 0.717) is 18.0 Å². The number of amides is 1. The second-order valence-corrected chi connectivity index (χ2v) is 9.52. The number of thiophene rings is 1. The van der Waals surface area contributed by atoms with Crippen LogP contribution in [-0.2, 0) is 16.4 Å². The number of carbonyl (C=O) groups is 1. The van der Waals surface area contributed by atoms with Crippen LogP contribution in [0.3, 0.4) is 0 Å². The molecule has 4 aromatic rings. The third-order valence-corrected chi connectivity index (χ3v) is 7.12. The molecule has 0 fully saturated rings. The van der Waals surface area contributed by atoms with Gasteiger partial charge in [-0.25, -0.2) is 8.42 Å². The first-order valence-electron chi connectivity index (χ1n) is 9.37. The van der Waals surface area contributed by atoms with Crippen molar-refractivity contribution in [1.82, 2.24) is 0 Å². The van der Waals surface area contributed by atoms with Crippen molar-refractivity contribution in [3.63, 3.8) is 0 Å². The smallest absolute Gasteiger partial charge is 0.294 e. The summed E-state index contributed by atoms with van der Waals surface area (Å²) in [5, 5.41) is 1.66. The Bertz CT molecular complexity index is 1280. The molecule has 2 aromatic heterocycles. The first-order valence-corrected chi connectivity index (χ1v) is 11.7. The molecule has 0 unspecified atom stereocenters. The maximum Gasteiger partial charge on any atom is 0.294 e. The lowest BCUT2D eigenvalue weighted by molar-refractivity contribution is 0.0953. The minimum Gasteiger partial charge on any atom is -0.497 e.